The number of hydrogen-bond donors (Lipinski definition) is 0. The molecule has 0 amide bonds. The van der Waals surface area contributed by atoms with E-state index in [1.807, 2.05) is 150 Å². The van der Waals surface area contributed by atoms with Gasteiger partial charge in [-0.1, -0.05) is 273 Å². The number of hydrogen-bond acceptors (Lipinski definition) is 10. The molecule has 114 heavy (non-hydrogen) atoms. The van der Waals surface area contributed by atoms with E-state index in [0.29, 0.717) is 66.4 Å². The van der Waals surface area contributed by atoms with Crippen LogP contribution in [-0.4, -0.2) is 39.0 Å². The van der Waals surface area contributed by atoms with E-state index in [0.717, 1.165) is 82.0 Å². The second-order valence-corrected chi connectivity index (χ2v) is 27.2. The highest BCUT2D eigenvalue weighted by Gasteiger charge is 2.27. The molecule has 0 aliphatic carbocycles. The summed E-state index contributed by atoms with van der Waals surface area (Å²) in [6, 6.07) is 63.7. The Morgan fingerprint density at radius 3 is 1.31 bits per heavy atom. The Balaban J connectivity index is 0.000000152. The molecule has 532 valence electrons. The standard InChI is InChI=1S/2C51H30N4O2/c1-4-13-31(14-5-1)34-24-26-40-39(29-34)47-41(27-28-44-48(47)37-19-10-11-21-42(37)56-44)55(40)51-53-49(33-17-8-3-9-18-33)52-50(54-51)35-23-25-38-45(30-35)57-43-22-12-20-36(46(38)43)32-15-6-2-7-16-32;1-4-13-31(14-5-1)34-23-25-37-41(29-34)55(40-27-28-44-48(47(37)40)38-19-10-11-21-42(38)56-44)51-53-49(33-17-8-3-9-18-33)52-50(54-51)35-24-26-39-45(30-35)57-43-22-12-20-36(46(39)43)32-15-6-2-7-16-32/h2*1-30H/i3D,8D,9D,12D,17D,18D,20D,22D,23D,25D,30D;2D,3D,6D,7D,8D,9D,15D,16D,17D,18D. The highest BCUT2D eigenvalue weighted by Crippen LogP contribution is 2.47. The SMILES string of the molecule is [2H]c1c([2H])c([2H])c(-c2nc(-c3c([2H])c([2H])c4c(oc5c([2H])c([2H])c([2H])c(-c6ccccc6)c54)c3[2H])nc(-n3c4ccc(-c5ccccc5)cc4c4c5c(ccc43)oc3ccccc35)n2)c([2H])c1[2H].[2H]c1c([2H])c([2H])c(-c2nc(-c3ccc4c(c3)oc3cccc(-c5c([2H])c([2H])c([2H])c([2H])c5[2H])c34)nc(-n3c4cc(-c5ccccc5)ccc4c4c5c(ccc43)oc3ccccc35)n2)c([2H])c1[2H]. The molecule has 16 aromatic carbocycles. The van der Waals surface area contributed by atoms with Gasteiger partial charge in [-0.3, -0.25) is 9.13 Å². The van der Waals surface area contributed by atoms with Crippen molar-refractivity contribution in [1.82, 2.24) is 39.0 Å². The summed E-state index contributed by atoms with van der Waals surface area (Å²) in [6.45, 7) is 0. The van der Waals surface area contributed by atoms with Crippen LogP contribution < -0.4 is 0 Å². The van der Waals surface area contributed by atoms with Crippen molar-refractivity contribution in [2.45, 2.75) is 0 Å². The fourth-order valence-corrected chi connectivity index (χ4v) is 15.8. The average Bonchev–Trinajstić information content (AvgIpc) is 1.57. The molecule has 0 saturated heterocycles. The van der Waals surface area contributed by atoms with Crippen LogP contribution in [0.2, 0.25) is 0 Å². The van der Waals surface area contributed by atoms with Crippen molar-refractivity contribution in [3.63, 3.8) is 0 Å². The van der Waals surface area contributed by atoms with E-state index in [-0.39, 0.29) is 103 Å². The van der Waals surface area contributed by atoms with Crippen molar-refractivity contribution in [1.29, 1.82) is 0 Å². The molecule has 8 aromatic heterocycles. The molecule has 12 nitrogen and oxygen atoms in total. The van der Waals surface area contributed by atoms with E-state index in [2.05, 4.69) is 29.2 Å². The van der Waals surface area contributed by atoms with Crippen molar-refractivity contribution in [3.8, 4) is 102 Å². The monoisotopic (exact) mass is 1480 g/mol. The molecule has 0 spiro atoms. The van der Waals surface area contributed by atoms with Crippen LogP contribution in [0.3, 0.4) is 0 Å². The minimum Gasteiger partial charge on any atom is -0.456 e. The highest BCUT2D eigenvalue weighted by molar-refractivity contribution is 6.29. The molecule has 0 bridgehead atoms. The molecule has 0 N–H and O–H groups in total. The highest BCUT2D eigenvalue weighted by atomic mass is 16.3. The third-order valence-electron chi connectivity index (χ3n) is 20.7. The third-order valence-corrected chi connectivity index (χ3v) is 20.7. The fourth-order valence-electron chi connectivity index (χ4n) is 15.8. The summed E-state index contributed by atoms with van der Waals surface area (Å²) in [7, 11) is 0. The van der Waals surface area contributed by atoms with Crippen molar-refractivity contribution in [3.05, 3.63) is 363 Å². The maximum Gasteiger partial charge on any atom is 0.238 e. The molecule has 0 aliphatic heterocycles. The number of rotatable bonds is 10. The molecule has 0 atom stereocenters. The molecule has 0 fully saturated rings. The predicted molar refractivity (Wildman–Crippen MR) is 461 cm³/mol. The van der Waals surface area contributed by atoms with Crippen LogP contribution >= 0.6 is 0 Å². The summed E-state index contributed by atoms with van der Waals surface area (Å²) in [5.41, 5.74) is 10.3. The number of fused-ring (bicyclic) bond motifs is 20. The van der Waals surface area contributed by atoms with Crippen molar-refractivity contribution < 1.29 is 46.5 Å². The molecule has 12 heteroatoms. The van der Waals surface area contributed by atoms with Crippen LogP contribution in [0, 0.1) is 0 Å². The first-order valence-electron chi connectivity index (χ1n) is 46.8. The quantitative estimate of drug-likeness (QED) is 0.130. The molecule has 0 radical (unpaired) electrons. The Morgan fingerprint density at radius 1 is 0.211 bits per heavy atom. The summed E-state index contributed by atoms with van der Waals surface area (Å²) in [4.78, 5) is 29.4. The van der Waals surface area contributed by atoms with Gasteiger partial charge in [-0.15, -0.1) is 0 Å². The van der Waals surface area contributed by atoms with E-state index >= 15 is 0 Å². The lowest BCUT2D eigenvalue weighted by Crippen LogP contribution is -2.06. The van der Waals surface area contributed by atoms with Crippen LogP contribution in [0.15, 0.2) is 381 Å². The zero-order chi connectivity index (χ0) is 93.2. The Labute approximate surface area is 679 Å². The lowest BCUT2D eigenvalue weighted by atomic mass is 9.99. The van der Waals surface area contributed by atoms with Gasteiger partial charge in [0.15, 0.2) is 23.3 Å². The zero-order valence-electron chi connectivity index (χ0n) is 80.2. The molecule has 24 aromatic rings. The minimum absolute atomic E-state index is 0.0206. The largest absolute Gasteiger partial charge is 0.456 e. The molecule has 0 saturated carbocycles. The van der Waals surface area contributed by atoms with Gasteiger partial charge in [0.1, 0.15) is 44.7 Å². The maximum absolute atomic E-state index is 9.69. The van der Waals surface area contributed by atoms with Gasteiger partial charge in [0.25, 0.3) is 0 Å². The van der Waals surface area contributed by atoms with Crippen molar-refractivity contribution in [2.75, 3.05) is 0 Å². The summed E-state index contributed by atoms with van der Waals surface area (Å²) < 4.78 is 213. The van der Waals surface area contributed by atoms with E-state index in [1.165, 1.54) is 0 Å². The topological polar surface area (TPSA) is 140 Å². The lowest BCUT2D eigenvalue weighted by molar-refractivity contribution is 0.668. The van der Waals surface area contributed by atoms with Gasteiger partial charge < -0.3 is 17.7 Å². The number of nitrogens with zero attached hydrogens (tertiary/aromatic N) is 8. The minimum atomic E-state index is -0.633. The molecule has 0 aliphatic rings. The van der Waals surface area contributed by atoms with Crippen LogP contribution in [0.1, 0.15) is 28.8 Å². The van der Waals surface area contributed by atoms with Gasteiger partial charge in [-0.05, 0) is 135 Å². The van der Waals surface area contributed by atoms with Crippen LogP contribution in [0.25, 0.3) is 233 Å². The Kier molecular flexibility index (Phi) is 10.6. The normalized spacial score (nSPS) is 14.4. The summed E-state index contributed by atoms with van der Waals surface area (Å²) in [6.07, 6.45) is 0. The van der Waals surface area contributed by atoms with Gasteiger partial charge in [-0.2, -0.15) is 19.9 Å². The molecule has 0 unspecified atom stereocenters. The Bertz CT molecular complexity index is 9280. The van der Waals surface area contributed by atoms with E-state index in [1.54, 1.807) is 71.3 Å². The van der Waals surface area contributed by atoms with Gasteiger partial charge in [0.05, 0.1) is 50.9 Å². The second-order valence-electron chi connectivity index (χ2n) is 27.2. The number of para-hydroxylation sites is 2. The van der Waals surface area contributed by atoms with Crippen LogP contribution in [-0.2, 0) is 0 Å². The maximum atomic E-state index is 9.69. The van der Waals surface area contributed by atoms with Gasteiger partial charge in [-0.25, -0.2) is 9.97 Å². The van der Waals surface area contributed by atoms with E-state index in [4.69, 9.17) is 67.3 Å². The Morgan fingerprint density at radius 2 is 0.675 bits per heavy atom. The van der Waals surface area contributed by atoms with Crippen molar-refractivity contribution >= 4 is 131 Å². The number of furan rings is 4. The summed E-state index contributed by atoms with van der Waals surface area (Å²) >= 11 is 0. The van der Waals surface area contributed by atoms with Crippen LogP contribution in [0.4, 0.5) is 0 Å². The third kappa shape index (κ3) is 10.5. The van der Waals surface area contributed by atoms with E-state index < -0.39 is 109 Å². The molecular weight excluding hydrogens is 1400 g/mol. The average molecular weight is 1480 g/mol. The number of aromatic nitrogens is 8. The van der Waals surface area contributed by atoms with Gasteiger partial charge >= 0.3 is 0 Å². The summed E-state index contributed by atoms with van der Waals surface area (Å²) in [5, 5.41) is 8.04. The number of benzene rings is 16. The first-order valence-corrected chi connectivity index (χ1v) is 36.3. The van der Waals surface area contributed by atoms with Crippen LogP contribution in [0.5, 0.6) is 0 Å². The molecule has 8 heterocycles. The van der Waals surface area contributed by atoms with Gasteiger partial charge in [0, 0.05) is 86.9 Å². The first kappa shape index (κ1) is 46.6. The molecular formula is C102H60N8O4. The Hall–Kier alpha value is -15.7. The van der Waals surface area contributed by atoms with E-state index in [9.17, 15) is 4.11 Å². The first-order chi connectivity index (χ1) is 65.2. The fraction of sp³-hybridized carbons (Fsp3) is 0. The zero-order valence-corrected chi connectivity index (χ0v) is 59.2. The summed E-state index contributed by atoms with van der Waals surface area (Å²) in [5.74, 6) is -0.745. The molecule has 24 rings (SSSR count). The second kappa shape index (κ2) is 26.0. The predicted octanol–water partition coefficient (Wildman–Crippen LogP) is 26.9. The smallest absolute Gasteiger partial charge is 0.238 e. The van der Waals surface area contributed by atoms with Crippen molar-refractivity contribution in [2.24, 2.45) is 0 Å². The van der Waals surface area contributed by atoms with Gasteiger partial charge in [0.2, 0.25) is 11.9 Å². The lowest BCUT2D eigenvalue weighted by Gasteiger charge is -2.11.